The van der Waals surface area contributed by atoms with Gasteiger partial charge in [-0.05, 0) is 49.3 Å². The molecule has 0 N–H and O–H groups in total. The summed E-state index contributed by atoms with van der Waals surface area (Å²) < 4.78 is 10.3. The zero-order valence-electron chi connectivity index (χ0n) is 16.7. The molecule has 28 heavy (non-hydrogen) atoms. The first-order chi connectivity index (χ1) is 12.3. The number of rotatable bonds is 8. The molecule has 0 unspecified atom stereocenters. The van der Waals surface area contributed by atoms with Gasteiger partial charge in [0.1, 0.15) is 11.5 Å². The van der Waals surface area contributed by atoms with Crippen molar-refractivity contribution in [1.29, 1.82) is 0 Å². The fraction of sp³-hybridized carbons (Fsp3) is 0.0870. The summed E-state index contributed by atoms with van der Waals surface area (Å²) in [7, 11) is 0. The number of esters is 2. The summed E-state index contributed by atoms with van der Waals surface area (Å²) in [5, 5.41) is 0. The van der Waals surface area contributed by atoms with Crippen molar-refractivity contribution in [3.8, 4) is 5.75 Å². The number of allylic oxidation sites excluding steroid dienone is 5. The average Bonchev–Trinajstić information content (AvgIpc) is 2.61. The first-order valence-corrected chi connectivity index (χ1v) is 7.81. The van der Waals surface area contributed by atoms with E-state index in [1.54, 1.807) is 56.3 Å². The van der Waals surface area contributed by atoms with Gasteiger partial charge in [0, 0.05) is 43.9 Å². The topological polar surface area (TPSA) is 52.6 Å². The Balaban J connectivity index is 0. The number of ether oxygens (including phenoxy) is 2. The summed E-state index contributed by atoms with van der Waals surface area (Å²) in [4.78, 5) is 23.1. The van der Waals surface area contributed by atoms with Crippen molar-refractivity contribution in [3.63, 3.8) is 0 Å². The number of hydrogen-bond acceptors (Lipinski definition) is 4. The standard InChI is InChI=1S/C22H22O4.CH3.Y/c1-7-17(9-12-19(8-2)25-21(23)15(3)4)18-10-13-20(14-11-18)26-22(24)16(5)6;;/h7-14H,1-3,5H2,4,6H3;1H3;/q;-1;/b17-9+,19-12+;;. The van der Waals surface area contributed by atoms with Gasteiger partial charge >= 0.3 is 11.9 Å². The Kier molecular flexibility index (Phi) is 13.8. The molecule has 0 saturated carbocycles. The maximum absolute atomic E-state index is 11.6. The Bertz CT molecular complexity index is 812. The van der Waals surface area contributed by atoms with Crippen LogP contribution < -0.4 is 4.74 Å². The third-order valence-corrected chi connectivity index (χ3v) is 3.15. The molecule has 0 spiro atoms. The molecule has 0 aliphatic carbocycles. The second-order valence-electron chi connectivity index (χ2n) is 5.46. The van der Waals surface area contributed by atoms with E-state index in [9.17, 15) is 9.59 Å². The van der Waals surface area contributed by atoms with Crippen LogP contribution in [0.3, 0.4) is 0 Å². The van der Waals surface area contributed by atoms with Crippen LogP contribution in [0.5, 0.6) is 5.75 Å². The summed E-state index contributed by atoms with van der Waals surface area (Å²) in [5.74, 6) is -0.282. The van der Waals surface area contributed by atoms with Crippen LogP contribution in [-0.2, 0) is 47.0 Å². The van der Waals surface area contributed by atoms with Crippen LogP contribution in [0.15, 0.2) is 91.8 Å². The van der Waals surface area contributed by atoms with Crippen molar-refractivity contribution in [1.82, 2.24) is 0 Å². The van der Waals surface area contributed by atoms with Gasteiger partial charge in [-0.2, -0.15) is 0 Å². The van der Waals surface area contributed by atoms with Crippen LogP contribution in [0.2, 0.25) is 0 Å². The molecule has 0 amide bonds. The van der Waals surface area contributed by atoms with Gasteiger partial charge in [0.2, 0.25) is 0 Å². The smallest absolute Gasteiger partial charge is 0.338 e. The monoisotopic (exact) mass is 454 g/mol. The number of carbonyl (C=O) groups is 2. The van der Waals surface area contributed by atoms with E-state index >= 15 is 0 Å². The van der Waals surface area contributed by atoms with Crippen molar-refractivity contribution in [2.24, 2.45) is 0 Å². The average molecular weight is 454 g/mol. The van der Waals surface area contributed by atoms with Gasteiger partial charge in [-0.25, -0.2) is 9.59 Å². The van der Waals surface area contributed by atoms with Gasteiger partial charge in [0.25, 0.3) is 0 Å². The van der Waals surface area contributed by atoms with Gasteiger partial charge in [-0.3, -0.25) is 0 Å². The van der Waals surface area contributed by atoms with Gasteiger partial charge < -0.3 is 16.9 Å². The molecule has 1 rings (SSSR count). The molecule has 4 nitrogen and oxygen atoms in total. The molecule has 5 heteroatoms. The second-order valence-corrected chi connectivity index (χ2v) is 5.46. The summed E-state index contributed by atoms with van der Waals surface area (Å²) in [6, 6.07) is 6.92. The van der Waals surface area contributed by atoms with E-state index in [1.165, 1.54) is 6.08 Å². The van der Waals surface area contributed by atoms with Gasteiger partial charge in [0.15, 0.2) is 0 Å². The van der Waals surface area contributed by atoms with Crippen LogP contribution in [0, 0.1) is 7.43 Å². The van der Waals surface area contributed by atoms with Gasteiger partial charge in [-0.1, -0.05) is 50.6 Å². The molecule has 1 aromatic carbocycles. The molecule has 0 aliphatic rings. The Morgan fingerprint density at radius 2 is 1.43 bits per heavy atom. The van der Waals surface area contributed by atoms with E-state index < -0.39 is 11.9 Å². The van der Waals surface area contributed by atoms with E-state index in [-0.39, 0.29) is 40.1 Å². The Morgan fingerprint density at radius 1 is 0.893 bits per heavy atom. The van der Waals surface area contributed by atoms with Crippen molar-refractivity contribution in [2.45, 2.75) is 13.8 Å². The Labute approximate surface area is 192 Å². The summed E-state index contributed by atoms with van der Waals surface area (Å²) >= 11 is 0. The van der Waals surface area contributed by atoms with E-state index in [0.29, 0.717) is 22.7 Å². The molecule has 0 heterocycles. The van der Waals surface area contributed by atoms with E-state index in [0.717, 1.165) is 11.1 Å². The summed E-state index contributed by atoms with van der Waals surface area (Å²) in [6.07, 6.45) is 6.44. The predicted octanol–water partition coefficient (Wildman–Crippen LogP) is 5.37. The number of benzene rings is 1. The Morgan fingerprint density at radius 3 is 1.86 bits per heavy atom. The van der Waals surface area contributed by atoms with Crippen molar-refractivity contribution in [2.75, 3.05) is 0 Å². The van der Waals surface area contributed by atoms with Gasteiger partial charge in [-0.15, -0.1) is 0 Å². The van der Waals surface area contributed by atoms with Crippen molar-refractivity contribution < 1.29 is 51.8 Å². The first-order valence-electron chi connectivity index (χ1n) is 7.81. The van der Waals surface area contributed by atoms with Crippen molar-refractivity contribution >= 4 is 17.5 Å². The molecule has 0 aromatic heterocycles. The second kappa shape index (κ2) is 13.8. The summed E-state index contributed by atoms with van der Waals surface area (Å²) in [5.41, 5.74) is 2.26. The molecule has 1 radical (unpaired) electrons. The quantitative estimate of drug-likeness (QED) is 0.132. The SMILES string of the molecule is C=C/C(=C\C=C(/C=C)c1ccc(OC(=O)C(=C)C)cc1)OC(=O)C(=C)C.[CH3-].[Y]. The zero-order chi connectivity index (χ0) is 19.7. The number of carbonyl (C=O) groups excluding carboxylic acids is 2. The molecular formula is C23H25O4Y-. The maximum Gasteiger partial charge on any atom is 0.338 e. The molecule has 145 valence electrons. The van der Waals surface area contributed by atoms with E-state index in [4.69, 9.17) is 9.47 Å². The molecule has 0 bridgehead atoms. The van der Waals surface area contributed by atoms with Crippen LogP contribution in [-0.4, -0.2) is 11.9 Å². The van der Waals surface area contributed by atoms with E-state index in [1.807, 2.05) is 0 Å². The summed E-state index contributed by atoms with van der Waals surface area (Å²) in [6.45, 7) is 17.6. The maximum atomic E-state index is 11.6. The minimum Gasteiger partial charge on any atom is -0.423 e. The van der Waals surface area contributed by atoms with Gasteiger partial charge in [0.05, 0.1) is 0 Å². The third-order valence-electron chi connectivity index (χ3n) is 3.15. The predicted molar refractivity (Wildman–Crippen MR) is 111 cm³/mol. The van der Waals surface area contributed by atoms with Crippen LogP contribution >= 0.6 is 0 Å². The largest absolute Gasteiger partial charge is 0.423 e. The molecule has 0 atom stereocenters. The number of hydrogen-bond donors (Lipinski definition) is 0. The first kappa shape index (κ1) is 27.9. The molecule has 1 aromatic rings. The molecular weight excluding hydrogens is 429 g/mol. The fourth-order valence-corrected chi connectivity index (χ4v) is 1.70. The zero-order valence-corrected chi connectivity index (χ0v) is 19.5. The van der Waals surface area contributed by atoms with Crippen molar-refractivity contribution in [3.05, 3.63) is 105 Å². The van der Waals surface area contributed by atoms with Crippen LogP contribution in [0.4, 0.5) is 0 Å². The Hall–Kier alpha value is -2.30. The minimum absolute atomic E-state index is 0. The van der Waals surface area contributed by atoms with E-state index in [2.05, 4.69) is 26.3 Å². The fourth-order valence-electron chi connectivity index (χ4n) is 1.70. The van der Waals surface area contributed by atoms with Crippen LogP contribution in [0.1, 0.15) is 19.4 Å². The minimum atomic E-state index is -0.520. The molecule has 0 aliphatic heterocycles. The molecule has 0 fully saturated rings. The normalized spacial score (nSPS) is 10.5. The molecule has 0 saturated heterocycles. The van der Waals surface area contributed by atoms with Crippen LogP contribution in [0.25, 0.3) is 5.57 Å². The third kappa shape index (κ3) is 9.07.